The van der Waals surface area contributed by atoms with Crippen molar-refractivity contribution in [3.8, 4) is 17.2 Å². The standard InChI is InChI=1S/C16H15BrClNO4/c1-21-9-4-5-11(17)10(6-9)16(20)19-13-7-12(18)14(22-2)8-15(13)23-3/h4-8H,1-3H3,(H,19,20). The molecule has 0 bridgehead atoms. The van der Waals surface area contributed by atoms with E-state index in [0.29, 0.717) is 38.0 Å². The number of methoxy groups -OCH3 is 3. The summed E-state index contributed by atoms with van der Waals surface area (Å²) in [6, 6.07) is 8.32. The summed E-state index contributed by atoms with van der Waals surface area (Å²) in [5.41, 5.74) is 0.872. The third-order valence-electron chi connectivity index (χ3n) is 3.14. The molecule has 122 valence electrons. The monoisotopic (exact) mass is 399 g/mol. The van der Waals surface area contributed by atoms with Gasteiger partial charge in [0, 0.05) is 10.5 Å². The van der Waals surface area contributed by atoms with E-state index in [2.05, 4.69) is 21.2 Å². The van der Waals surface area contributed by atoms with Crippen LogP contribution in [0, 0.1) is 0 Å². The molecule has 7 heteroatoms. The summed E-state index contributed by atoms with van der Waals surface area (Å²) in [7, 11) is 4.54. The minimum Gasteiger partial charge on any atom is -0.497 e. The minimum atomic E-state index is -0.324. The smallest absolute Gasteiger partial charge is 0.257 e. The lowest BCUT2D eigenvalue weighted by molar-refractivity contribution is 0.102. The van der Waals surface area contributed by atoms with Gasteiger partial charge in [-0.1, -0.05) is 11.6 Å². The number of hydrogen-bond donors (Lipinski definition) is 1. The van der Waals surface area contributed by atoms with Gasteiger partial charge >= 0.3 is 0 Å². The second-order valence-corrected chi connectivity index (χ2v) is 5.75. The van der Waals surface area contributed by atoms with Gasteiger partial charge < -0.3 is 19.5 Å². The van der Waals surface area contributed by atoms with Crippen LogP contribution < -0.4 is 19.5 Å². The molecule has 0 aromatic heterocycles. The first kappa shape index (κ1) is 17.4. The van der Waals surface area contributed by atoms with Gasteiger partial charge in [-0.05, 0) is 40.2 Å². The predicted molar refractivity (Wildman–Crippen MR) is 93.2 cm³/mol. The van der Waals surface area contributed by atoms with E-state index in [4.69, 9.17) is 25.8 Å². The lowest BCUT2D eigenvalue weighted by Gasteiger charge is -2.14. The number of rotatable bonds is 5. The molecule has 0 atom stereocenters. The summed E-state index contributed by atoms with van der Waals surface area (Å²) in [4.78, 5) is 12.5. The van der Waals surface area contributed by atoms with Crippen LogP contribution in [0.25, 0.3) is 0 Å². The molecule has 2 aromatic rings. The first-order valence-electron chi connectivity index (χ1n) is 6.56. The summed E-state index contributed by atoms with van der Waals surface area (Å²) < 4.78 is 16.2. The quantitative estimate of drug-likeness (QED) is 0.809. The second kappa shape index (κ2) is 7.57. The average Bonchev–Trinajstić information content (AvgIpc) is 2.55. The number of halogens is 2. The minimum absolute atomic E-state index is 0.324. The van der Waals surface area contributed by atoms with Crippen molar-refractivity contribution in [2.24, 2.45) is 0 Å². The molecule has 0 fully saturated rings. The van der Waals surface area contributed by atoms with Gasteiger partial charge in [0.25, 0.3) is 5.91 Å². The number of anilines is 1. The number of hydrogen-bond acceptors (Lipinski definition) is 4. The molecule has 0 aliphatic heterocycles. The van der Waals surface area contributed by atoms with E-state index in [9.17, 15) is 4.79 Å². The number of benzene rings is 2. The molecular formula is C16H15BrClNO4. The summed E-state index contributed by atoms with van der Waals surface area (Å²) in [6.07, 6.45) is 0. The maximum Gasteiger partial charge on any atom is 0.257 e. The summed E-state index contributed by atoms with van der Waals surface area (Å²) in [6.45, 7) is 0. The van der Waals surface area contributed by atoms with Crippen LogP contribution in [-0.2, 0) is 0 Å². The summed E-state index contributed by atoms with van der Waals surface area (Å²) in [5.74, 6) is 1.16. The Morgan fingerprint density at radius 1 is 1.04 bits per heavy atom. The van der Waals surface area contributed by atoms with Gasteiger partial charge in [0.2, 0.25) is 0 Å². The third-order valence-corrected chi connectivity index (χ3v) is 4.13. The van der Waals surface area contributed by atoms with Gasteiger partial charge in [0.15, 0.2) is 0 Å². The normalized spacial score (nSPS) is 10.1. The van der Waals surface area contributed by atoms with E-state index in [-0.39, 0.29) is 5.91 Å². The van der Waals surface area contributed by atoms with Gasteiger partial charge in [-0.15, -0.1) is 0 Å². The van der Waals surface area contributed by atoms with E-state index >= 15 is 0 Å². The fraction of sp³-hybridized carbons (Fsp3) is 0.188. The molecule has 0 aliphatic rings. The predicted octanol–water partition coefficient (Wildman–Crippen LogP) is 4.38. The highest BCUT2D eigenvalue weighted by Gasteiger charge is 2.16. The van der Waals surface area contributed by atoms with Crippen molar-refractivity contribution in [3.63, 3.8) is 0 Å². The zero-order valence-electron chi connectivity index (χ0n) is 12.8. The fourth-order valence-electron chi connectivity index (χ4n) is 1.95. The first-order valence-corrected chi connectivity index (χ1v) is 7.73. The van der Waals surface area contributed by atoms with Crippen molar-refractivity contribution in [1.29, 1.82) is 0 Å². The van der Waals surface area contributed by atoms with Gasteiger partial charge in [-0.3, -0.25) is 4.79 Å². The highest BCUT2D eigenvalue weighted by molar-refractivity contribution is 9.10. The maximum atomic E-state index is 12.5. The summed E-state index contributed by atoms with van der Waals surface area (Å²) in [5, 5.41) is 3.14. The van der Waals surface area contributed by atoms with Crippen molar-refractivity contribution in [2.75, 3.05) is 26.6 Å². The average molecular weight is 401 g/mol. The molecule has 1 amide bonds. The molecule has 5 nitrogen and oxygen atoms in total. The molecule has 23 heavy (non-hydrogen) atoms. The van der Waals surface area contributed by atoms with Crippen LogP contribution in [0.1, 0.15) is 10.4 Å². The number of carbonyl (C=O) groups excluding carboxylic acids is 1. The molecule has 0 unspecified atom stereocenters. The van der Waals surface area contributed by atoms with E-state index in [1.54, 1.807) is 30.3 Å². The molecule has 0 saturated carbocycles. The Labute approximate surface area is 147 Å². The van der Waals surface area contributed by atoms with Crippen molar-refractivity contribution < 1.29 is 19.0 Å². The summed E-state index contributed by atoms with van der Waals surface area (Å²) >= 11 is 9.46. The zero-order chi connectivity index (χ0) is 17.0. The molecule has 0 heterocycles. The zero-order valence-corrected chi connectivity index (χ0v) is 15.1. The fourth-order valence-corrected chi connectivity index (χ4v) is 2.62. The maximum absolute atomic E-state index is 12.5. The van der Waals surface area contributed by atoms with Crippen LogP contribution in [-0.4, -0.2) is 27.2 Å². The lowest BCUT2D eigenvalue weighted by atomic mass is 10.2. The Morgan fingerprint density at radius 2 is 1.74 bits per heavy atom. The molecule has 0 saturated heterocycles. The SMILES string of the molecule is COc1ccc(Br)c(C(=O)Nc2cc(Cl)c(OC)cc2OC)c1. The molecule has 2 aromatic carbocycles. The third kappa shape index (κ3) is 3.89. The van der Waals surface area contributed by atoms with E-state index in [1.807, 2.05) is 0 Å². The Bertz CT molecular complexity index is 736. The largest absolute Gasteiger partial charge is 0.497 e. The molecule has 0 spiro atoms. The Kier molecular flexibility index (Phi) is 5.74. The van der Waals surface area contributed by atoms with Gasteiger partial charge in [-0.2, -0.15) is 0 Å². The van der Waals surface area contributed by atoms with Crippen molar-refractivity contribution >= 4 is 39.1 Å². The second-order valence-electron chi connectivity index (χ2n) is 4.49. The number of ether oxygens (including phenoxy) is 3. The molecular weight excluding hydrogens is 386 g/mol. The van der Waals surface area contributed by atoms with Crippen LogP contribution in [0.4, 0.5) is 5.69 Å². The number of carbonyl (C=O) groups is 1. The topological polar surface area (TPSA) is 56.8 Å². The molecule has 2 rings (SSSR count). The van der Waals surface area contributed by atoms with Crippen LogP contribution in [0.2, 0.25) is 5.02 Å². The van der Waals surface area contributed by atoms with Crippen LogP contribution in [0.3, 0.4) is 0 Å². The highest BCUT2D eigenvalue weighted by Crippen LogP contribution is 2.36. The van der Waals surface area contributed by atoms with Gasteiger partial charge in [0.1, 0.15) is 17.2 Å². The number of amides is 1. The highest BCUT2D eigenvalue weighted by atomic mass is 79.9. The number of nitrogens with one attached hydrogen (secondary N) is 1. The van der Waals surface area contributed by atoms with Crippen LogP contribution in [0.5, 0.6) is 17.2 Å². The Hall–Kier alpha value is -1.92. The molecule has 0 radical (unpaired) electrons. The van der Waals surface area contributed by atoms with Crippen LogP contribution >= 0.6 is 27.5 Å². The van der Waals surface area contributed by atoms with E-state index in [1.165, 1.54) is 21.3 Å². The van der Waals surface area contributed by atoms with Gasteiger partial charge in [-0.25, -0.2) is 0 Å². The first-order chi connectivity index (χ1) is 11.0. The van der Waals surface area contributed by atoms with Crippen LogP contribution in [0.15, 0.2) is 34.8 Å². The lowest BCUT2D eigenvalue weighted by Crippen LogP contribution is -2.13. The van der Waals surface area contributed by atoms with Crippen molar-refractivity contribution in [3.05, 3.63) is 45.4 Å². The molecule has 1 N–H and O–H groups in total. The Morgan fingerprint density at radius 3 is 2.35 bits per heavy atom. The van der Waals surface area contributed by atoms with E-state index in [0.717, 1.165) is 0 Å². The van der Waals surface area contributed by atoms with Crippen molar-refractivity contribution in [1.82, 2.24) is 0 Å². The van der Waals surface area contributed by atoms with Crippen molar-refractivity contribution in [2.45, 2.75) is 0 Å². The molecule has 0 aliphatic carbocycles. The van der Waals surface area contributed by atoms with Gasteiger partial charge in [0.05, 0.1) is 37.6 Å². The Balaban J connectivity index is 2.35. The van der Waals surface area contributed by atoms with E-state index < -0.39 is 0 Å².